The van der Waals surface area contributed by atoms with E-state index in [1.165, 1.54) is 17.4 Å². The van der Waals surface area contributed by atoms with Gasteiger partial charge in [-0.25, -0.2) is 4.98 Å². The number of anilines is 3. The first-order chi connectivity index (χ1) is 16.2. The van der Waals surface area contributed by atoms with Crippen LogP contribution in [0.5, 0.6) is 0 Å². The molecule has 0 atom stereocenters. The van der Waals surface area contributed by atoms with Gasteiger partial charge in [-0.1, -0.05) is 36.4 Å². The first-order valence-electron chi connectivity index (χ1n) is 10.2. The quantitative estimate of drug-likeness (QED) is 0.319. The second kappa shape index (κ2) is 9.52. The molecule has 4 aromatic rings. The third-order valence-corrected chi connectivity index (χ3v) is 5.93. The van der Waals surface area contributed by atoms with Crippen LogP contribution in [0, 0.1) is 6.92 Å². The molecule has 0 bridgehead atoms. The van der Waals surface area contributed by atoms with Gasteiger partial charge in [-0.05, 0) is 30.7 Å². The summed E-state index contributed by atoms with van der Waals surface area (Å²) < 4.78 is 38.5. The highest BCUT2D eigenvalue weighted by Crippen LogP contribution is 2.30. The number of nitrogens with zero attached hydrogens (tertiary/aromatic N) is 1. The SMILES string of the molecule is Cc1ccccc1Nc1ncc(C(=O)NCC(F)(F)F)cc1NC(=O)c1csc2ccccc12. The number of benzene rings is 2. The van der Waals surface area contributed by atoms with E-state index in [2.05, 4.69) is 15.6 Å². The zero-order valence-corrected chi connectivity index (χ0v) is 18.7. The summed E-state index contributed by atoms with van der Waals surface area (Å²) >= 11 is 1.42. The number of rotatable bonds is 6. The van der Waals surface area contributed by atoms with Crippen LogP contribution in [0.2, 0.25) is 0 Å². The molecule has 0 unspecified atom stereocenters. The highest BCUT2D eigenvalue weighted by molar-refractivity contribution is 7.17. The summed E-state index contributed by atoms with van der Waals surface area (Å²) in [4.78, 5) is 29.6. The number of hydrogen-bond donors (Lipinski definition) is 3. The summed E-state index contributed by atoms with van der Waals surface area (Å²) in [6.07, 6.45) is -3.39. The Bertz CT molecular complexity index is 1370. The Balaban J connectivity index is 1.67. The van der Waals surface area contributed by atoms with Crippen molar-refractivity contribution in [2.45, 2.75) is 13.1 Å². The lowest BCUT2D eigenvalue weighted by Crippen LogP contribution is -2.33. The maximum absolute atomic E-state index is 13.1. The van der Waals surface area contributed by atoms with Gasteiger partial charge in [0.25, 0.3) is 11.8 Å². The molecule has 2 aromatic carbocycles. The molecular formula is C24H19F3N4O2S. The Labute approximate surface area is 196 Å². The van der Waals surface area contributed by atoms with E-state index in [0.29, 0.717) is 5.56 Å². The number of thiophene rings is 1. The third kappa shape index (κ3) is 5.34. The molecule has 0 saturated heterocycles. The molecule has 0 aliphatic rings. The van der Waals surface area contributed by atoms with Gasteiger partial charge in [-0.2, -0.15) is 13.2 Å². The summed E-state index contributed by atoms with van der Waals surface area (Å²) in [5.74, 6) is -1.14. The number of para-hydroxylation sites is 1. The molecule has 10 heteroatoms. The van der Waals surface area contributed by atoms with Gasteiger partial charge < -0.3 is 16.0 Å². The Hall–Kier alpha value is -3.92. The van der Waals surface area contributed by atoms with Crippen LogP contribution in [0.4, 0.5) is 30.4 Å². The van der Waals surface area contributed by atoms with Crippen LogP contribution in [0.15, 0.2) is 66.2 Å². The molecule has 0 fully saturated rings. The van der Waals surface area contributed by atoms with Crippen molar-refractivity contribution in [1.82, 2.24) is 10.3 Å². The molecule has 174 valence electrons. The van der Waals surface area contributed by atoms with Crippen LogP contribution >= 0.6 is 11.3 Å². The third-order valence-electron chi connectivity index (χ3n) is 4.97. The van der Waals surface area contributed by atoms with Crippen molar-refractivity contribution in [3.05, 3.63) is 82.9 Å². The van der Waals surface area contributed by atoms with E-state index in [9.17, 15) is 22.8 Å². The molecule has 0 radical (unpaired) electrons. The van der Waals surface area contributed by atoms with Gasteiger partial charge >= 0.3 is 6.18 Å². The lowest BCUT2D eigenvalue weighted by molar-refractivity contribution is -0.123. The van der Waals surface area contributed by atoms with Crippen molar-refractivity contribution < 1.29 is 22.8 Å². The van der Waals surface area contributed by atoms with Gasteiger partial charge in [0.15, 0.2) is 5.82 Å². The number of nitrogens with one attached hydrogen (secondary N) is 3. The second-order valence-electron chi connectivity index (χ2n) is 7.46. The second-order valence-corrected chi connectivity index (χ2v) is 8.37. The van der Waals surface area contributed by atoms with Crippen molar-refractivity contribution in [1.29, 1.82) is 0 Å². The van der Waals surface area contributed by atoms with Crippen molar-refractivity contribution >= 4 is 50.4 Å². The molecule has 0 aliphatic carbocycles. The maximum atomic E-state index is 13.1. The number of halogens is 3. The van der Waals surface area contributed by atoms with Gasteiger partial charge in [0.2, 0.25) is 0 Å². The molecule has 2 heterocycles. The average Bonchev–Trinajstić information content (AvgIpc) is 3.24. The van der Waals surface area contributed by atoms with Crippen molar-refractivity contribution in [3.8, 4) is 0 Å². The van der Waals surface area contributed by atoms with Crippen molar-refractivity contribution in [3.63, 3.8) is 0 Å². The number of hydrogen-bond acceptors (Lipinski definition) is 5. The number of alkyl halides is 3. The number of aryl methyl sites for hydroxylation is 1. The topological polar surface area (TPSA) is 83.1 Å². The normalized spacial score (nSPS) is 11.3. The number of amides is 2. The fourth-order valence-corrected chi connectivity index (χ4v) is 4.19. The molecule has 4 rings (SSSR count). The van der Waals surface area contributed by atoms with Crippen molar-refractivity contribution in [2.24, 2.45) is 0 Å². The molecule has 2 amide bonds. The summed E-state index contributed by atoms with van der Waals surface area (Å²) in [6.45, 7) is 0.411. The summed E-state index contributed by atoms with van der Waals surface area (Å²) in [5, 5.41) is 10.2. The van der Waals surface area contributed by atoms with E-state index < -0.39 is 24.5 Å². The summed E-state index contributed by atoms with van der Waals surface area (Å²) in [7, 11) is 0. The van der Waals surface area contributed by atoms with E-state index in [0.717, 1.165) is 27.5 Å². The van der Waals surface area contributed by atoms with E-state index in [1.807, 2.05) is 60.8 Å². The van der Waals surface area contributed by atoms with Crippen LogP contribution in [0.25, 0.3) is 10.1 Å². The zero-order chi connectivity index (χ0) is 24.3. The molecule has 0 spiro atoms. The molecule has 2 aromatic heterocycles. The number of pyridine rings is 1. The highest BCUT2D eigenvalue weighted by Gasteiger charge is 2.28. The highest BCUT2D eigenvalue weighted by atomic mass is 32.1. The molecule has 0 aliphatic heterocycles. The fraction of sp³-hybridized carbons (Fsp3) is 0.125. The summed E-state index contributed by atoms with van der Waals surface area (Å²) in [6, 6.07) is 16.1. The number of carbonyl (C=O) groups is 2. The van der Waals surface area contributed by atoms with Gasteiger partial charge in [-0.15, -0.1) is 11.3 Å². The Morgan fingerprint density at radius 3 is 2.50 bits per heavy atom. The van der Waals surface area contributed by atoms with Gasteiger partial charge in [0.1, 0.15) is 6.54 Å². The van der Waals surface area contributed by atoms with Crippen molar-refractivity contribution in [2.75, 3.05) is 17.2 Å². The van der Waals surface area contributed by atoms with Gasteiger partial charge in [0.05, 0.1) is 16.8 Å². The lowest BCUT2D eigenvalue weighted by Gasteiger charge is -2.15. The molecule has 34 heavy (non-hydrogen) atoms. The van der Waals surface area contributed by atoms with E-state index in [-0.39, 0.29) is 17.1 Å². The number of aromatic nitrogens is 1. The fourth-order valence-electron chi connectivity index (χ4n) is 3.25. The van der Waals surface area contributed by atoms with E-state index >= 15 is 0 Å². The molecule has 3 N–H and O–H groups in total. The molecule has 0 saturated carbocycles. The van der Waals surface area contributed by atoms with E-state index in [1.54, 1.807) is 5.38 Å². The minimum absolute atomic E-state index is 0.120. The minimum atomic E-state index is -4.55. The summed E-state index contributed by atoms with van der Waals surface area (Å²) in [5.41, 5.74) is 2.11. The lowest BCUT2D eigenvalue weighted by atomic mass is 10.1. The zero-order valence-electron chi connectivity index (χ0n) is 17.9. The predicted molar refractivity (Wildman–Crippen MR) is 127 cm³/mol. The van der Waals surface area contributed by atoms with Crippen LogP contribution < -0.4 is 16.0 Å². The largest absolute Gasteiger partial charge is 0.405 e. The van der Waals surface area contributed by atoms with Crippen LogP contribution in [0.3, 0.4) is 0 Å². The number of fused-ring (bicyclic) bond motifs is 1. The first kappa shape index (κ1) is 23.2. The minimum Gasteiger partial charge on any atom is -0.343 e. The molecule has 6 nitrogen and oxygen atoms in total. The Kier molecular flexibility index (Phi) is 6.51. The van der Waals surface area contributed by atoms with E-state index in [4.69, 9.17) is 0 Å². The average molecular weight is 485 g/mol. The predicted octanol–water partition coefficient (Wildman–Crippen LogP) is 5.89. The first-order valence-corrected chi connectivity index (χ1v) is 11.0. The monoisotopic (exact) mass is 484 g/mol. The smallest absolute Gasteiger partial charge is 0.343 e. The van der Waals surface area contributed by atoms with Gasteiger partial charge in [-0.3, -0.25) is 9.59 Å². The standard InChI is InChI=1S/C24H19F3N4O2S/c1-14-6-2-4-8-18(14)30-21-19(10-15(11-28-21)22(32)29-13-24(25,26)27)31-23(33)17-12-34-20-9-5-3-7-16(17)20/h2-12H,13H2,1H3,(H,28,30)(H,29,32)(H,31,33). The maximum Gasteiger partial charge on any atom is 0.405 e. The van der Waals surface area contributed by atoms with Crippen LogP contribution in [-0.2, 0) is 0 Å². The van der Waals surface area contributed by atoms with Crippen LogP contribution in [0.1, 0.15) is 26.3 Å². The van der Waals surface area contributed by atoms with Crippen LogP contribution in [-0.4, -0.2) is 29.5 Å². The molecular weight excluding hydrogens is 465 g/mol. The Morgan fingerprint density at radius 2 is 1.74 bits per heavy atom. The number of carbonyl (C=O) groups excluding carboxylic acids is 2. The van der Waals surface area contributed by atoms with Gasteiger partial charge in [0, 0.05) is 27.4 Å². The Morgan fingerprint density at radius 1 is 1.00 bits per heavy atom.